The van der Waals surface area contributed by atoms with E-state index in [2.05, 4.69) is 34.8 Å². The summed E-state index contributed by atoms with van der Waals surface area (Å²) in [6.07, 6.45) is 2.16. The number of rotatable bonds is 12. The van der Waals surface area contributed by atoms with E-state index in [4.69, 9.17) is 4.74 Å². The Morgan fingerprint density at radius 2 is 1.66 bits per heavy atom. The molecule has 2 amide bonds. The number of halogens is 2. The Bertz CT molecular complexity index is 1080. The van der Waals surface area contributed by atoms with E-state index >= 15 is 0 Å². The smallest absolute Gasteiger partial charge is 0.261 e. The van der Waals surface area contributed by atoms with Crippen LogP contribution in [0, 0.1) is 9.39 Å². The molecule has 1 atom stereocenters. The summed E-state index contributed by atoms with van der Waals surface area (Å²) < 4.78 is 20.3. The fourth-order valence-corrected chi connectivity index (χ4v) is 3.97. The van der Waals surface area contributed by atoms with Gasteiger partial charge in [0.1, 0.15) is 17.6 Å². The van der Waals surface area contributed by atoms with Gasteiger partial charge in [0.15, 0.2) is 6.61 Å². The number of carbonyl (C=O) groups is 2. The lowest BCUT2D eigenvalue weighted by molar-refractivity contribution is -0.142. The van der Waals surface area contributed by atoms with Gasteiger partial charge in [0.05, 0.1) is 0 Å². The third-order valence-electron chi connectivity index (χ3n) is 5.54. The van der Waals surface area contributed by atoms with Gasteiger partial charge in [-0.15, -0.1) is 0 Å². The van der Waals surface area contributed by atoms with Gasteiger partial charge in [-0.1, -0.05) is 55.8 Å². The molecular formula is C28H30FIN2O3. The molecule has 0 aliphatic heterocycles. The molecule has 0 saturated heterocycles. The first-order valence-electron chi connectivity index (χ1n) is 11.7. The first-order chi connectivity index (χ1) is 17.0. The summed E-state index contributed by atoms with van der Waals surface area (Å²) in [5.41, 5.74) is 1.67. The van der Waals surface area contributed by atoms with Crippen LogP contribution in [0.1, 0.15) is 30.9 Å². The van der Waals surface area contributed by atoms with E-state index in [1.165, 1.54) is 17.0 Å². The van der Waals surface area contributed by atoms with Gasteiger partial charge in [0, 0.05) is 23.1 Å². The monoisotopic (exact) mass is 588 g/mol. The van der Waals surface area contributed by atoms with Gasteiger partial charge in [-0.25, -0.2) is 4.39 Å². The Labute approximate surface area is 219 Å². The quantitative estimate of drug-likeness (QED) is 0.229. The largest absolute Gasteiger partial charge is 0.484 e. The SMILES string of the molecule is CCCCNC(=O)[C@H](Cc1ccccc1)N(Cc1ccc(F)cc1)C(=O)COc1ccc(I)cc1. The standard InChI is InChI=1S/C28H30FIN2O3/c1-2-3-17-31-28(34)26(18-21-7-5-4-6-8-21)32(19-22-9-11-23(29)12-10-22)27(33)20-35-25-15-13-24(30)14-16-25/h4-16,26H,2-3,17-20H2,1H3,(H,31,34)/t26-/m0/s1. The Morgan fingerprint density at radius 1 is 0.971 bits per heavy atom. The number of nitrogens with one attached hydrogen (secondary N) is 1. The number of unbranched alkanes of at least 4 members (excludes halogenated alkanes) is 1. The van der Waals surface area contributed by atoms with E-state index in [0.717, 1.165) is 27.5 Å². The van der Waals surface area contributed by atoms with Crippen LogP contribution in [0.15, 0.2) is 78.9 Å². The highest BCUT2D eigenvalue weighted by Crippen LogP contribution is 2.17. The molecule has 3 rings (SSSR count). The number of amides is 2. The number of benzene rings is 3. The second-order valence-electron chi connectivity index (χ2n) is 8.24. The van der Waals surface area contributed by atoms with Crippen LogP contribution in [0.25, 0.3) is 0 Å². The summed E-state index contributed by atoms with van der Waals surface area (Å²) in [5, 5.41) is 2.98. The van der Waals surface area contributed by atoms with Crippen LogP contribution >= 0.6 is 22.6 Å². The number of hydrogen-bond acceptors (Lipinski definition) is 3. The highest BCUT2D eigenvalue weighted by molar-refractivity contribution is 14.1. The van der Waals surface area contributed by atoms with Crippen molar-refractivity contribution in [2.24, 2.45) is 0 Å². The van der Waals surface area contributed by atoms with E-state index in [1.807, 2.05) is 42.5 Å². The van der Waals surface area contributed by atoms with Crippen LogP contribution in [0.5, 0.6) is 5.75 Å². The normalized spacial score (nSPS) is 11.5. The van der Waals surface area contributed by atoms with Crippen LogP contribution in [-0.4, -0.2) is 35.9 Å². The van der Waals surface area contributed by atoms with Crippen molar-refractivity contribution in [3.05, 3.63) is 99.4 Å². The first kappa shape index (κ1) is 26.7. The maximum atomic E-state index is 13.5. The lowest BCUT2D eigenvalue weighted by Gasteiger charge is -2.31. The number of nitrogens with zero attached hydrogens (tertiary/aromatic N) is 1. The van der Waals surface area contributed by atoms with Crippen LogP contribution in [-0.2, 0) is 22.6 Å². The van der Waals surface area contributed by atoms with Gasteiger partial charge < -0.3 is 15.0 Å². The van der Waals surface area contributed by atoms with Crippen LogP contribution in [0.4, 0.5) is 4.39 Å². The summed E-state index contributed by atoms with van der Waals surface area (Å²) in [4.78, 5) is 28.3. The van der Waals surface area contributed by atoms with E-state index < -0.39 is 6.04 Å². The minimum absolute atomic E-state index is 0.161. The van der Waals surface area contributed by atoms with Crippen molar-refractivity contribution in [2.45, 2.75) is 38.8 Å². The van der Waals surface area contributed by atoms with Gasteiger partial charge in [0.25, 0.3) is 5.91 Å². The molecule has 0 saturated carbocycles. The molecule has 1 N–H and O–H groups in total. The van der Waals surface area contributed by atoms with E-state index in [9.17, 15) is 14.0 Å². The molecule has 0 unspecified atom stereocenters. The van der Waals surface area contributed by atoms with Gasteiger partial charge in [-0.3, -0.25) is 9.59 Å². The average Bonchev–Trinajstić information content (AvgIpc) is 2.87. The zero-order chi connectivity index (χ0) is 25.0. The van der Waals surface area contributed by atoms with Crippen molar-refractivity contribution in [3.63, 3.8) is 0 Å². The second-order valence-corrected chi connectivity index (χ2v) is 9.49. The molecule has 3 aromatic rings. The zero-order valence-electron chi connectivity index (χ0n) is 19.8. The van der Waals surface area contributed by atoms with Gasteiger partial charge >= 0.3 is 0 Å². The minimum Gasteiger partial charge on any atom is -0.484 e. The molecule has 0 heterocycles. The van der Waals surface area contributed by atoms with Crippen molar-refractivity contribution in [3.8, 4) is 5.75 Å². The van der Waals surface area contributed by atoms with Gasteiger partial charge in [-0.2, -0.15) is 0 Å². The molecule has 0 spiro atoms. The number of ether oxygens (including phenoxy) is 1. The van der Waals surface area contributed by atoms with Crippen LogP contribution in [0.3, 0.4) is 0 Å². The number of carbonyl (C=O) groups excluding carboxylic acids is 2. The molecule has 184 valence electrons. The lowest BCUT2D eigenvalue weighted by Crippen LogP contribution is -2.51. The topological polar surface area (TPSA) is 58.6 Å². The summed E-state index contributed by atoms with van der Waals surface area (Å²) in [6, 6.07) is 22.2. The Balaban J connectivity index is 1.86. The summed E-state index contributed by atoms with van der Waals surface area (Å²) >= 11 is 2.20. The molecule has 0 aromatic heterocycles. The fourth-order valence-electron chi connectivity index (χ4n) is 3.61. The maximum Gasteiger partial charge on any atom is 0.261 e. The summed E-state index contributed by atoms with van der Waals surface area (Å²) in [6.45, 7) is 2.54. The molecule has 0 aliphatic carbocycles. The van der Waals surface area contributed by atoms with E-state index in [1.54, 1.807) is 24.3 Å². The summed E-state index contributed by atoms with van der Waals surface area (Å²) in [5.74, 6) is -0.314. The molecule has 0 aliphatic rings. The molecule has 7 heteroatoms. The fraction of sp³-hybridized carbons (Fsp3) is 0.286. The molecule has 3 aromatic carbocycles. The molecule has 35 heavy (non-hydrogen) atoms. The second kappa shape index (κ2) is 13.8. The Kier molecular flexibility index (Phi) is 10.5. The van der Waals surface area contributed by atoms with Crippen molar-refractivity contribution in [1.82, 2.24) is 10.2 Å². The van der Waals surface area contributed by atoms with Gasteiger partial charge in [0.2, 0.25) is 5.91 Å². The first-order valence-corrected chi connectivity index (χ1v) is 12.8. The predicted molar refractivity (Wildman–Crippen MR) is 143 cm³/mol. The predicted octanol–water partition coefficient (Wildman–Crippen LogP) is 5.37. The Morgan fingerprint density at radius 3 is 2.31 bits per heavy atom. The lowest BCUT2D eigenvalue weighted by atomic mass is 10.0. The van der Waals surface area contributed by atoms with Crippen molar-refractivity contribution >= 4 is 34.4 Å². The highest BCUT2D eigenvalue weighted by atomic mass is 127. The molecule has 0 radical (unpaired) electrons. The van der Waals surface area contributed by atoms with Crippen LogP contribution in [0.2, 0.25) is 0 Å². The molecular weight excluding hydrogens is 558 g/mol. The summed E-state index contributed by atoms with van der Waals surface area (Å²) in [7, 11) is 0. The molecule has 5 nitrogen and oxygen atoms in total. The maximum absolute atomic E-state index is 13.5. The Hall–Kier alpha value is -2.94. The third-order valence-corrected chi connectivity index (χ3v) is 6.26. The number of hydrogen-bond donors (Lipinski definition) is 1. The van der Waals surface area contributed by atoms with Crippen molar-refractivity contribution < 1.29 is 18.7 Å². The van der Waals surface area contributed by atoms with E-state index in [0.29, 0.717) is 18.7 Å². The molecule has 0 bridgehead atoms. The third kappa shape index (κ3) is 8.65. The van der Waals surface area contributed by atoms with Crippen molar-refractivity contribution in [1.29, 1.82) is 0 Å². The minimum atomic E-state index is -0.743. The van der Waals surface area contributed by atoms with Gasteiger partial charge in [-0.05, 0) is 76.5 Å². The van der Waals surface area contributed by atoms with Crippen LogP contribution < -0.4 is 10.1 Å². The van der Waals surface area contributed by atoms with Crippen molar-refractivity contribution in [2.75, 3.05) is 13.2 Å². The van der Waals surface area contributed by atoms with E-state index in [-0.39, 0.29) is 30.8 Å². The highest BCUT2D eigenvalue weighted by Gasteiger charge is 2.30. The molecule has 0 fully saturated rings. The zero-order valence-corrected chi connectivity index (χ0v) is 21.9. The average molecular weight is 588 g/mol.